The number of esters is 1. The minimum Gasteiger partial charge on any atom is -0.497 e. The summed E-state index contributed by atoms with van der Waals surface area (Å²) < 4.78 is 39.1. The Hall–Kier alpha value is -5.19. The molecule has 9 nitrogen and oxygen atoms in total. The first-order chi connectivity index (χ1) is 20.7. The number of benzene rings is 5. The van der Waals surface area contributed by atoms with Gasteiger partial charge in [-0.3, -0.25) is 9.52 Å². The molecule has 5 rings (SSSR count). The lowest BCUT2D eigenvalue weighted by atomic mass is 10.0. The van der Waals surface area contributed by atoms with Crippen LogP contribution in [0.4, 0.5) is 5.69 Å². The smallest absolute Gasteiger partial charge is 0.343 e. The summed E-state index contributed by atoms with van der Waals surface area (Å²) in [6.45, 7) is 0. The molecule has 43 heavy (non-hydrogen) atoms. The zero-order valence-corrected chi connectivity index (χ0v) is 24.2. The molecule has 5 aromatic carbocycles. The lowest BCUT2D eigenvalue weighted by Gasteiger charge is -2.12. The number of rotatable bonds is 9. The van der Waals surface area contributed by atoms with Crippen LogP contribution in [0.1, 0.15) is 26.3 Å². The van der Waals surface area contributed by atoms with Crippen LogP contribution in [0, 0.1) is 0 Å². The molecule has 1 amide bonds. The van der Waals surface area contributed by atoms with Crippen LogP contribution in [0.5, 0.6) is 11.5 Å². The number of amides is 1. The van der Waals surface area contributed by atoms with E-state index in [-0.39, 0.29) is 21.9 Å². The number of methoxy groups -OCH3 is 1. The van der Waals surface area contributed by atoms with E-state index < -0.39 is 21.9 Å². The third kappa shape index (κ3) is 6.83. The zero-order chi connectivity index (χ0) is 30.4. The molecule has 0 saturated heterocycles. The largest absolute Gasteiger partial charge is 0.497 e. The summed E-state index contributed by atoms with van der Waals surface area (Å²) in [6, 6.07) is 29.1. The summed E-state index contributed by atoms with van der Waals surface area (Å²) in [5.74, 6) is -0.417. The van der Waals surface area contributed by atoms with Crippen LogP contribution in [-0.4, -0.2) is 33.6 Å². The number of hydrazone groups is 1. The number of ether oxygens (including phenoxy) is 2. The van der Waals surface area contributed by atoms with Crippen molar-refractivity contribution in [1.29, 1.82) is 0 Å². The fraction of sp³-hybridized carbons (Fsp3) is 0.0312. The Morgan fingerprint density at radius 1 is 0.837 bits per heavy atom. The quantitative estimate of drug-likeness (QED) is 0.0872. The van der Waals surface area contributed by atoms with E-state index in [0.29, 0.717) is 21.9 Å². The SMILES string of the molecule is COc1ccc(C(=O)Oc2ccc3ccccc3c2/C=N/NC(=O)c2ccccc2NS(=O)(=O)c2ccc(Cl)cc2)cc1. The van der Waals surface area contributed by atoms with E-state index in [0.717, 1.165) is 10.8 Å². The number of hydrogen-bond donors (Lipinski definition) is 2. The number of para-hydroxylation sites is 1. The molecule has 0 aromatic heterocycles. The van der Waals surface area contributed by atoms with Gasteiger partial charge in [0.1, 0.15) is 11.5 Å². The highest BCUT2D eigenvalue weighted by Crippen LogP contribution is 2.28. The normalized spacial score (nSPS) is 11.3. The van der Waals surface area contributed by atoms with Crippen molar-refractivity contribution in [2.75, 3.05) is 11.8 Å². The minimum atomic E-state index is -4.00. The van der Waals surface area contributed by atoms with Gasteiger partial charge in [0, 0.05) is 10.6 Å². The predicted octanol–water partition coefficient (Wildman–Crippen LogP) is 6.29. The molecule has 0 aliphatic carbocycles. The molecule has 2 N–H and O–H groups in total. The van der Waals surface area contributed by atoms with Gasteiger partial charge in [0.2, 0.25) is 0 Å². The van der Waals surface area contributed by atoms with Gasteiger partial charge in [-0.1, -0.05) is 54.1 Å². The molecule has 5 aromatic rings. The van der Waals surface area contributed by atoms with Crippen molar-refractivity contribution in [3.05, 3.63) is 131 Å². The number of fused-ring (bicyclic) bond motifs is 1. The van der Waals surface area contributed by atoms with E-state index >= 15 is 0 Å². The monoisotopic (exact) mass is 613 g/mol. The molecule has 0 unspecified atom stereocenters. The van der Waals surface area contributed by atoms with E-state index in [2.05, 4.69) is 15.2 Å². The van der Waals surface area contributed by atoms with Crippen molar-refractivity contribution in [2.45, 2.75) is 4.90 Å². The van der Waals surface area contributed by atoms with Crippen molar-refractivity contribution in [2.24, 2.45) is 5.10 Å². The summed E-state index contributed by atoms with van der Waals surface area (Å²) >= 11 is 5.88. The second-order valence-electron chi connectivity index (χ2n) is 9.12. The summed E-state index contributed by atoms with van der Waals surface area (Å²) in [5.41, 5.74) is 3.31. The van der Waals surface area contributed by atoms with Crippen molar-refractivity contribution in [3.63, 3.8) is 0 Å². The minimum absolute atomic E-state index is 0.0159. The van der Waals surface area contributed by atoms with Gasteiger partial charge in [-0.25, -0.2) is 18.6 Å². The molecule has 0 bridgehead atoms. The van der Waals surface area contributed by atoms with E-state index in [1.54, 1.807) is 42.5 Å². The van der Waals surface area contributed by atoms with Gasteiger partial charge in [-0.15, -0.1) is 0 Å². The average molecular weight is 614 g/mol. The lowest BCUT2D eigenvalue weighted by Crippen LogP contribution is -2.21. The van der Waals surface area contributed by atoms with Crippen LogP contribution < -0.4 is 19.6 Å². The Bertz CT molecular complexity index is 1940. The molecule has 0 spiro atoms. The molecule has 11 heteroatoms. The van der Waals surface area contributed by atoms with Gasteiger partial charge >= 0.3 is 5.97 Å². The summed E-state index contributed by atoms with van der Waals surface area (Å²) in [5, 5.41) is 6.10. The summed E-state index contributed by atoms with van der Waals surface area (Å²) in [7, 11) is -2.47. The molecule has 0 saturated carbocycles. The van der Waals surface area contributed by atoms with Crippen LogP contribution in [0.3, 0.4) is 0 Å². The van der Waals surface area contributed by atoms with Crippen molar-refractivity contribution >= 4 is 56.2 Å². The number of hydrogen-bond acceptors (Lipinski definition) is 7. The third-order valence-electron chi connectivity index (χ3n) is 6.36. The second-order valence-corrected chi connectivity index (χ2v) is 11.2. The Kier molecular flexibility index (Phi) is 8.70. The first-order valence-electron chi connectivity index (χ1n) is 12.8. The van der Waals surface area contributed by atoms with Crippen LogP contribution >= 0.6 is 11.6 Å². The summed E-state index contributed by atoms with van der Waals surface area (Å²) in [6.07, 6.45) is 1.37. The molecule has 0 fully saturated rings. The zero-order valence-electron chi connectivity index (χ0n) is 22.7. The molecule has 0 heterocycles. The molecule has 0 radical (unpaired) electrons. The molecular formula is C32H24ClN3O6S. The van der Waals surface area contributed by atoms with Crippen LogP contribution in [-0.2, 0) is 10.0 Å². The molecule has 0 atom stereocenters. The topological polar surface area (TPSA) is 123 Å². The number of anilines is 1. The maximum atomic E-state index is 13.1. The fourth-order valence-corrected chi connectivity index (χ4v) is 5.39. The molecule has 216 valence electrons. The number of carbonyl (C=O) groups is 2. The highest BCUT2D eigenvalue weighted by molar-refractivity contribution is 7.92. The van der Waals surface area contributed by atoms with Crippen molar-refractivity contribution < 1.29 is 27.5 Å². The van der Waals surface area contributed by atoms with Crippen LogP contribution in [0.2, 0.25) is 5.02 Å². The van der Waals surface area contributed by atoms with Gasteiger partial charge in [-0.2, -0.15) is 5.10 Å². The standard InChI is InChI=1S/C32H24ClN3O6S/c1-41-24-15-10-22(11-16-24)32(38)42-30-19-12-21-6-2-3-7-26(21)28(30)20-34-35-31(37)27-8-4-5-9-29(27)36-43(39,40)25-17-13-23(33)14-18-25/h2-20,36H,1H3,(H,35,37)/b34-20+. The number of nitrogens with one attached hydrogen (secondary N) is 2. The van der Waals surface area contributed by atoms with Gasteiger partial charge in [0.25, 0.3) is 15.9 Å². The van der Waals surface area contributed by atoms with Gasteiger partial charge in [-0.05, 0) is 77.5 Å². The van der Waals surface area contributed by atoms with Gasteiger partial charge < -0.3 is 9.47 Å². The first-order valence-corrected chi connectivity index (χ1v) is 14.7. The van der Waals surface area contributed by atoms with Gasteiger partial charge in [0.05, 0.1) is 35.0 Å². The van der Waals surface area contributed by atoms with E-state index in [1.807, 2.05) is 30.3 Å². The second kappa shape index (κ2) is 12.8. The Morgan fingerprint density at radius 3 is 2.28 bits per heavy atom. The van der Waals surface area contributed by atoms with Crippen LogP contribution in [0.25, 0.3) is 10.8 Å². The maximum absolute atomic E-state index is 13.1. The van der Waals surface area contributed by atoms with E-state index in [4.69, 9.17) is 21.1 Å². The first kappa shape index (κ1) is 29.3. The number of nitrogens with zero attached hydrogens (tertiary/aromatic N) is 1. The number of carbonyl (C=O) groups excluding carboxylic acids is 2. The number of sulfonamides is 1. The van der Waals surface area contributed by atoms with E-state index in [1.165, 1.54) is 49.7 Å². The summed E-state index contributed by atoms with van der Waals surface area (Å²) in [4.78, 5) is 26.0. The molecular weight excluding hydrogens is 590 g/mol. The third-order valence-corrected chi connectivity index (χ3v) is 7.99. The Balaban J connectivity index is 1.38. The Labute approximate surface area is 252 Å². The molecule has 0 aliphatic rings. The average Bonchev–Trinajstić information content (AvgIpc) is 3.02. The fourth-order valence-electron chi connectivity index (χ4n) is 4.19. The maximum Gasteiger partial charge on any atom is 0.343 e. The van der Waals surface area contributed by atoms with Gasteiger partial charge in [0.15, 0.2) is 0 Å². The Morgan fingerprint density at radius 2 is 1.53 bits per heavy atom. The molecule has 0 aliphatic heterocycles. The van der Waals surface area contributed by atoms with E-state index in [9.17, 15) is 18.0 Å². The number of halogens is 1. The highest BCUT2D eigenvalue weighted by atomic mass is 35.5. The highest BCUT2D eigenvalue weighted by Gasteiger charge is 2.19. The van der Waals surface area contributed by atoms with Crippen LogP contribution in [0.15, 0.2) is 119 Å². The lowest BCUT2D eigenvalue weighted by molar-refractivity contribution is 0.0734. The predicted molar refractivity (Wildman–Crippen MR) is 166 cm³/mol. The van der Waals surface area contributed by atoms with Crippen molar-refractivity contribution in [3.8, 4) is 11.5 Å². The van der Waals surface area contributed by atoms with Crippen molar-refractivity contribution in [1.82, 2.24) is 5.43 Å².